The number of hydrogen-bond acceptors (Lipinski definition) is 2. The van der Waals surface area contributed by atoms with Gasteiger partial charge < -0.3 is 5.32 Å². The van der Waals surface area contributed by atoms with Crippen LogP contribution in [0.4, 0.5) is 0 Å². The van der Waals surface area contributed by atoms with Crippen molar-refractivity contribution in [1.82, 2.24) is 10.3 Å². The molecule has 2 aromatic rings. The van der Waals surface area contributed by atoms with Crippen LogP contribution in [0, 0.1) is 12.8 Å². The standard InChI is InChI=1S/C19H26N2/c1-15-7-9-18-13-17(8-10-19(18)21-15)14-20-12-11-16-5-3-2-4-6-16/h7-10,13,16,20H,2-6,11-12,14H2,1H3. The number of aromatic nitrogens is 1. The Balaban J connectivity index is 1.49. The fourth-order valence-electron chi connectivity index (χ4n) is 3.40. The number of pyridine rings is 1. The van der Waals surface area contributed by atoms with Crippen molar-refractivity contribution >= 4 is 10.9 Å². The van der Waals surface area contributed by atoms with Gasteiger partial charge in [0.25, 0.3) is 0 Å². The average molecular weight is 282 g/mol. The second-order valence-electron chi connectivity index (χ2n) is 6.45. The SMILES string of the molecule is Cc1ccc2cc(CNCCC3CCCCC3)ccc2n1. The van der Waals surface area contributed by atoms with Gasteiger partial charge >= 0.3 is 0 Å². The lowest BCUT2D eigenvalue weighted by Crippen LogP contribution is -2.19. The Morgan fingerprint density at radius 2 is 1.95 bits per heavy atom. The number of rotatable bonds is 5. The van der Waals surface area contributed by atoms with E-state index < -0.39 is 0 Å². The van der Waals surface area contributed by atoms with Crippen molar-refractivity contribution in [2.45, 2.75) is 52.0 Å². The van der Waals surface area contributed by atoms with Crippen LogP contribution >= 0.6 is 0 Å². The van der Waals surface area contributed by atoms with Gasteiger partial charge in [-0.05, 0) is 49.6 Å². The summed E-state index contributed by atoms with van der Waals surface area (Å²) in [7, 11) is 0. The molecule has 1 saturated carbocycles. The van der Waals surface area contributed by atoms with Gasteiger partial charge in [0.05, 0.1) is 5.52 Å². The molecule has 2 heteroatoms. The molecule has 1 heterocycles. The summed E-state index contributed by atoms with van der Waals surface area (Å²) in [5.41, 5.74) is 3.54. The Hall–Kier alpha value is -1.41. The minimum Gasteiger partial charge on any atom is -0.313 e. The second-order valence-corrected chi connectivity index (χ2v) is 6.45. The van der Waals surface area contributed by atoms with Crippen molar-refractivity contribution in [2.24, 2.45) is 5.92 Å². The van der Waals surface area contributed by atoms with Crippen molar-refractivity contribution in [3.05, 3.63) is 41.6 Å². The maximum Gasteiger partial charge on any atom is 0.0705 e. The lowest BCUT2D eigenvalue weighted by molar-refractivity contribution is 0.334. The van der Waals surface area contributed by atoms with Crippen molar-refractivity contribution < 1.29 is 0 Å². The summed E-state index contributed by atoms with van der Waals surface area (Å²) in [4.78, 5) is 4.55. The Morgan fingerprint density at radius 3 is 2.81 bits per heavy atom. The molecule has 2 nitrogen and oxygen atoms in total. The van der Waals surface area contributed by atoms with Crippen LogP contribution in [-0.4, -0.2) is 11.5 Å². The van der Waals surface area contributed by atoms with Crippen molar-refractivity contribution in [2.75, 3.05) is 6.54 Å². The largest absolute Gasteiger partial charge is 0.313 e. The summed E-state index contributed by atoms with van der Waals surface area (Å²) in [5, 5.41) is 4.85. The summed E-state index contributed by atoms with van der Waals surface area (Å²) >= 11 is 0. The number of nitrogens with one attached hydrogen (secondary N) is 1. The molecule has 112 valence electrons. The molecule has 1 aliphatic rings. The molecule has 0 spiro atoms. The second kappa shape index (κ2) is 7.04. The molecule has 0 saturated heterocycles. The van der Waals surface area contributed by atoms with Crippen molar-refractivity contribution in [3.63, 3.8) is 0 Å². The fraction of sp³-hybridized carbons (Fsp3) is 0.526. The zero-order valence-electron chi connectivity index (χ0n) is 13.1. The molecule has 0 amide bonds. The molecule has 1 aromatic heterocycles. The molecule has 1 aromatic carbocycles. The molecule has 3 rings (SSSR count). The highest BCUT2D eigenvalue weighted by Crippen LogP contribution is 2.25. The van der Waals surface area contributed by atoms with E-state index in [2.05, 4.69) is 40.6 Å². The van der Waals surface area contributed by atoms with Gasteiger partial charge in [-0.3, -0.25) is 4.98 Å². The predicted octanol–water partition coefficient (Wildman–Crippen LogP) is 4.60. The first-order valence-corrected chi connectivity index (χ1v) is 8.38. The molecule has 1 N–H and O–H groups in total. The van der Waals surface area contributed by atoms with Crippen LogP contribution in [0.5, 0.6) is 0 Å². The van der Waals surface area contributed by atoms with Gasteiger partial charge in [-0.15, -0.1) is 0 Å². The van der Waals surface area contributed by atoms with E-state index in [-0.39, 0.29) is 0 Å². The van der Waals surface area contributed by atoms with Gasteiger partial charge in [0.1, 0.15) is 0 Å². The third-order valence-electron chi connectivity index (χ3n) is 4.68. The number of nitrogens with zero attached hydrogens (tertiary/aromatic N) is 1. The topological polar surface area (TPSA) is 24.9 Å². The Labute approximate surface area is 128 Å². The Morgan fingerprint density at radius 1 is 1.10 bits per heavy atom. The normalized spacial score (nSPS) is 16.4. The Bertz CT molecular complexity index is 585. The number of hydrogen-bond donors (Lipinski definition) is 1. The highest BCUT2D eigenvalue weighted by Gasteiger charge is 2.12. The molecule has 21 heavy (non-hydrogen) atoms. The zero-order chi connectivity index (χ0) is 14.5. The first kappa shape index (κ1) is 14.5. The van der Waals surface area contributed by atoms with Crippen molar-refractivity contribution in [1.29, 1.82) is 0 Å². The van der Waals surface area contributed by atoms with Gasteiger partial charge in [-0.25, -0.2) is 0 Å². The molecule has 1 aliphatic carbocycles. The summed E-state index contributed by atoms with van der Waals surface area (Å²) in [5.74, 6) is 0.968. The quantitative estimate of drug-likeness (QED) is 0.810. The first-order valence-electron chi connectivity index (χ1n) is 8.38. The number of aryl methyl sites for hydroxylation is 1. The van der Waals surface area contributed by atoms with Crippen LogP contribution in [0.3, 0.4) is 0 Å². The van der Waals surface area contributed by atoms with Crippen LogP contribution in [-0.2, 0) is 6.54 Å². The summed E-state index contributed by atoms with van der Waals surface area (Å²) in [6.07, 6.45) is 8.58. The van der Waals surface area contributed by atoms with Crippen LogP contribution in [0.2, 0.25) is 0 Å². The number of fused-ring (bicyclic) bond motifs is 1. The zero-order valence-corrected chi connectivity index (χ0v) is 13.1. The van der Waals surface area contributed by atoms with Gasteiger partial charge in [0.2, 0.25) is 0 Å². The maximum atomic E-state index is 4.55. The summed E-state index contributed by atoms with van der Waals surface area (Å²) in [6, 6.07) is 10.9. The minimum atomic E-state index is 0.968. The van der Waals surface area contributed by atoms with Gasteiger partial charge in [-0.1, -0.05) is 44.2 Å². The molecule has 0 bridgehead atoms. The molecule has 0 atom stereocenters. The van der Waals surface area contributed by atoms with E-state index in [1.165, 1.54) is 49.5 Å². The van der Waals surface area contributed by atoms with E-state index >= 15 is 0 Å². The van der Waals surface area contributed by atoms with E-state index in [1.807, 2.05) is 6.92 Å². The molecule has 0 unspecified atom stereocenters. The third kappa shape index (κ3) is 4.04. The van der Waals surface area contributed by atoms with Crippen LogP contribution in [0.15, 0.2) is 30.3 Å². The third-order valence-corrected chi connectivity index (χ3v) is 4.68. The van der Waals surface area contributed by atoms with Crippen LogP contribution < -0.4 is 5.32 Å². The highest BCUT2D eigenvalue weighted by molar-refractivity contribution is 5.79. The summed E-state index contributed by atoms with van der Waals surface area (Å²) in [6.45, 7) is 4.16. The summed E-state index contributed by atoms with van der Waals surface area (Å²) < 4.78 is 0. The molecule has 0 radical (unpaired) electrons. The van der Waals surface area contributed by atoms with Crippen LogP contribution in [0.1, 0.15) is 49.8 Å². The van der Waals surface area contributed by atoms with Gasteiger partial charge in [-0.2, -0.15) is 0 Å². The van der Waals surface area contributed by atoms with Crippen molar-refractivity contribution in [3.8, 4) is 0 Å². The molecule has 1 fully saturated rings. The van der Waals surface area contributed by atoms with E-state index in [9.17, 15) is 0 Å². The lowest BCUT2D eigenvalue weighted by Gasteiger charge is -2.21. The lowest BCUT2D eigenvalue weighted by atomic mass is 9.87. The maximum absolute atomic E-state index is 4.55. The first-order chi connectivity index (χ1) is 10.3. The van der Waals surface area contributed by atoms with E-state index in [4.69, 9.17) is 0 Å². The van der Waals surface area contributed by atoms with E-state index in [0.29, 0.717) is 0 Å². The van der Waals surface area contributed by atoms with Crippen LogP contribution in [0.25, 0.3) is 10.9 Å². The highest BCUT2D eigenvalue weighted by atomic mass is 14.8. The molecular formula is C19H26N2. The molecule has 0 aliphatic heterocycles. The average Bonchev–Trinajstić information content (AvgIpc) is 2.52. The number of benzene rings is 1. The van der Waals surface area contributed by atoms with Gasteiger partial charge in [0, 0.05) is 17.6 Å². The minimum absolute atomic E-state index is 0.968. The monoisotopic (exact) mass is 282 g/mol. The molecular weight excluding hydrogens is 256 g/mol. The van der Waals surface area contributed by atoms with E-state index in [1.54, 1.807) is 0 Å². The fourth-order valence-corrected chi connectivity index (χ4v) is 3.40. The van der Waals surface area contributed by atoms with Gasteiger partial charge in [0.15, 0.2) is 0 Å². The Kier molecular flexibility index (Phi) is 4.87. The predicted molar refractivity (Wildman–Crippen MR) is 89.4 cm³/mol. The van der Waals surface area contributed by atoms with E-state index in [0.717, 1.165) is 30.2 Å². The smallest absolute Gasteiger partial charge is 0.0705 e.